The third-order valence-corrected chi connectivity index (χ3v) is 7.20. The molecule has 2 fully saturated rings. The van der Waals surface area contributed by atoms with Crippen LogP contribution in [0.3, 0.4) is 0 Å². The first-order chi connectivity index (χ1) is 15.2. The summed E-state index contributed by atoms with van der Waals surface area (Å²) in [4.78, 5) is 42.6. The van der Waals surface area contributed by atoms with E-state index in [4.69, 9.17) is 4.98 Å². The smallest absolute Gasteiger partial charge is 0.256 e. The predicted octanol–water partition coefficient (Wildman–Crippen LogP) is 3.22. The van der Waals surface area contributed by atoms with E-state index in [1.54, 1.807) is 24.5 Å². The zero-order valence-corrected chi connectivity index (χ0v) is 18.1. The number of likely N-dealkylation sites (tertiary alicyclic amines) is 1. The summed E-state index contributed by atoms with van der Waals surface area (Å²) in [6, 6.07) is 4.00. The quantitative estimate of drug-likeness (QED) is 0.823. The number of nitrogens with zero attached hydrogens (tertiary/aromatic N) is 4. The summed E-state index contributed by atoms with van der Waals surface area (Å²) in [6.45, 7) is 2.34. The van der Waals surface area contributed by atoms with Gasteiger partial charge in [0, 0.05) is 44.5 Å². The van der Waals surface area contributed by atoms with Crippen molar-refractivity contribution in [3.8, 4) is 0 Å². The monoisotopic (exact) mass is 421 g/mol. The maximum absolute atomic E-state index is 13.1. The molecule has 2 aromatic rings. The van der Waals surface area contributed by atoms with Crippen molar-refractivity contribution >= 4 is 5.91 Å². The third-order valence-electron chi connectivity index (χ3n) is 7.20. The Kier molecular flexibility index (Phi) is 5.85. The fourth-order valence-corrected chi connectivity index (χ4v) is 5.49. The molecule has 1 N–H and O–H groups in total. The first-order valence-corrected chi connectivity index (χ1v) is 11.8. The molecule has 4 heterocycles. The van der Waals surface area contributed by atoms with Crippen molar-refractivity contribution in [3.05, 3.63) is 57.5 Å². The second-order valence-electron chi connectivity index (χ2n) is 9.14. The number of hydrogen-bond donors (Lipinski definition) is 1. The van der Waals surface area contributed by atoms with E-state index in [1.165, 1.54) is 32.1 Å². The number of hydrogen-bond acceptors (Lipinski definition) is 5. The van der Waals surface area contributed by atoms with E-state index in [-0.39, 0.29) is 17.5 Å². The minimum Gasteiger partial charge on any atom is -0.328 e. The molecular formula is C24H31N5O2. The van der Waals surface area contributed by atoms with Gasteiger partial charge in [0.25, 0.3) is 11.5 Å². The molecule has 1 amide bonds. The Hall–Kier alpha value is -2.54. The van der Waals surface area contributed by atoms with Gasteiger partial charge in [0.05, 0.1) is 22.9 Å². The highest BCUT2D eigenvalue weighted by molar-refractivity contribution is 5.94. The number of nitrogens with one attached hydrogen (secondary N) is 1. The van der Waals surface area contributed by atoms with Crippen LogP contribution in [-0.2, 0) is 13.0 Å². The molecule has 0 spiro atoms. The largest absolute Gasteiger partial charge is 0.328 e. The molecule has 7 nitrogen and oxygen atoms in total. The lowest BCUT2D eigenvalue weighted by Crippen LogP contribution is -2.44. The van der Waals surface area contributed by atoms with Crippen LogP contribution in [-0.4, -0.2) is 49.8 Å². The summed E-state index contributed by atoms with van der Waals surface area (Å²) < 4.78 is 0. The van der Waals surface area contributed by atoms with Crippen LogP contribution in [0.5, 0.6) is 0 Å². The van der Waals surface area contributed by atoms with E-state index in [1.807, 2.05) is 4.90 Å². The van der Waals surface area contributed by atoms with Crippen molar-refractivity contribution in [1.29, 1.82) is 0 Å². The van der Waals surface area contributed by atoms with E-state index in [2.05, 4.69) is 14.9 Å². The van der Waals surface area contributed by atoms with Crippen molar-refractivity contribution in [2.24, 2.45) is 0 Å². The van der Waals surface area contributed by atoms with Gasteiger partial charge in [-0.1, -0.05) is 19.3 Å². The number of fused-ring (bicyclic) bond motifs is 1. The fourth-order valence-electron chi connectivity index (χ4n) is 5.49. The first-order valence-electron chi connectivity index (χ1n) is 11.8. The maximum Gasteiger partial charge on any atom is 0.256 e. The van der Waals surface area contributed by atoms with Gasteiger partial charge in [-0.15, -0.1) is 0 Å². The van der Waals surface area contributed by atoms with Gasteiger partial charge in [0.1, 0.15) is 5.82 Å². The zero-order valence-electron chi connectivity index (χ0n) is 18.1. The molecule has 1 aliphatic carbocycles. The fraction of sp³-hybridized carbons (Fsp3) is 0.583. The Morgan fingerprint density at radius 3 is 2.71 bits per heavy atom. The van der Waals surface area contributed by atoms with E-state index >= 15 is 0 Å². The minimum atomic E-state index is -0.184. The Morgan fingerprint density at radius 2 is 1.90 bits per heavy atom. The molecule has 0 unspecified atom stereocenters. The second-order valence-corrected chi connectivity index (χ2v) is 9.14. The van der Waals surface area contributed by atoms with E-state index in [0.717, 1.165) is 43.5 Å². The number of aromatic nitrogens is 3. The summed E-state index contributed by atoms with van der Waals surface area (Å²) in [5.74, 6) is 0.605. The van der Waals surface area contributed by atoms with Crippen LogP contribution in [0.1, 0.15) is 84.8 Å². The molecule has 0 radical (unpaired) electrons. The molecule has 0 aromatic carbocycles. The molecule has 5 rings (SSSR count). The maximum atomic E-state index is 13.1. The Bertz CT molecular complexity index is 983. The summed E-state index contributed by atoms with van der Waals surface area (Å²) in [5.41, 5.74) is 2.30. The molecule has 2 aliphatic heterocycles. The molecule has 1 saturated carbocycles. The number of carbonyl (C=O) groups is 1. The lowest BCUT2D eigenvalue weighted by atomic mass is 9.92. The van der Waals surface area contributed by atoms with Gasteiger partial charge in [0.15, 0.2) is 0 Å². The van der Waals surface area contributed by atoms with Crippen LogP contribution in [0, 0.1) is 0 Å². The Balaban J connectivity index is 1.39. The lowest BCUT2D eigenvalue weighted by molar-refractivity contribution is 0.0598. The zero-order chi connectivity index (χ0) is 21.2. The minimum absolute atomic E-state index is 0.0279. The number of piperidine rings is 1. The average Bonchev–Trinajstić information content (AvgIpc) is 2.84. The highest BCUT2D eigenvalue weighted by atomic mass is 16.2. The topological polar surface area (TPSA) is 82.2 Å². The van der Waals surface area contributed by atoms with E-state index < -0.39 is 0 Å². The van der Waals surface area contributed by atoms with Crippen LogP contribution < -0.4 is 5.56 Å². The van der Waals surface area contributed by atoms with Crippen LogP contribution in [0.2, 0.25) is 0 Å². The van der Waals surface area contributed by atoms with Gasteiger partial charge in [-0.2, -0.15) is 0 Å². The second kappa shape index (κ2) is 8.91. The summed E-state index contributed by atoms with van der Waals surface area (Å²) in [6.07, 6.45) is 13.3. The van der Waals surface area contributed by atoms with Crippen molar-refractivity contribution in [3.63, 3.8) is 0 Å². The molecule has 3 aliphatic rings. The van der Waals surface area contributed by atoms with Gasteiger partial charge < -0.3 is 9.88 Å². The highest BCUT2D eigenvalue weighted by Gasteiger charge is 2.33. The number of pyridine rings is 1. The molecule has 1 saturated heterocycles. The van der Waals surface area contributed by atoms with E-state index in [9.17, 15) is 9.59 Å². The molecule has 31 heavy (non-hydrogen) atoms. The number of amides is 1. The van der Waals surface area contributed by atoms with Gasteiger partial charge >= 0.3 is 0 Å². The molecule has 0 bridgehead atoms. The van der Waals surface area contributed by atoms with Gasteiger partial charge in [0.2, 0.25) is 0 Å². The summed E-state index contributed by atoms with van der Waals surface area (Å²) >= 11 is 0. The first kappa shape index (κ1) is 20.4. The van der Waals surface area contributed by atoms with Gasteiger partial charge in [-0.3, -0.25) is 19.5 Å². The molecule has 1 atom stereocenters. The average molecular weight is 422 g/mol. The normalized spacial score (nSPS) is 22.8. The molecule has 7 heteroatoms. The standard InChI is InChI=1S/C24H31N5O2/c30-23-19-16-28(18-8-2-1-3-9-18)14-11-20(19)26-22(27-23)21-10-4-5-13-29(21)24(31)17-7-6-12-25-15-17/h6-7,12,15,18,21H,1-5,8-11,13-14,16H2,(H,26,27,30)/t21-/m0/s1. The number of aromatic amines is 1. The third kappa shape index (κ3) is 4.15. The van der Waals surface area contributed by atoms with Crippen molar-refractivity contribution < 1.29 is 4.79 Å². The highest BCUT2D eigenvalue weighted by Crippen LogP contribution is 2.31. The van der Waals surface area contributed by atoms with Crippen LogP contribution in [0.15, 0.2) is 29.3 Å². The Morgan fingerprint density at radius 1 is 1.06 bits per heavy atom. The number of rotatable bonds is 3. The summed E-state index contributed by atoms with van der Waals surface area (Å²) in [5, 5.41) is 0. The number of H-pyrrole nitrogens is 1. The van der Waals surface area contributed by atoms with Crippen LogP contribution >= 0.6 is 0 Å². The predicted molar refractivity (Wildman–Crippen MR) is 118 cm³/mol. The van der Waals surface area contributed by atoms with Crippen molar-refractivity contribution in [1.82, 2.24) is 24.8 Å². The number of carbonyl (C=O) groups excluding carboxylic acids is 1. The van der Waals surface area contributed by atoms with Gasteiger partial charge in [-0.05, 0) is 44.2 Å². The van der Waals surface area contributed by atoms with Crippen molar-refractivity contribution in [2.75, 3.05) is 13.1 Å². The molecule has 2 aromatic heterocycles. The SMILES string of the molecule is O=C(c1cccnc1)N1CCCC[C@H]1c1nc2c(c(=O)[nH]1)CN(C1CCCCC1)CC2. The molecular weight excluding hydrogens is 390 g/mol. The van der Waals surface area contributed by atoms with Crippen LogP contribution in [0.4, 0.5) is 0 Å². The Labute approximate surface area is 182 Å². The van der Waals surface area contributed by atoms with E-state index in [0.29, 0.717) is 30.5 Å². The summed E-state index contributed by atoms with van der Waals surface area (Å²) in [7, 11) is 0. The van der Waals surface area contributed by atoms with Crippen molar-refractivity contribution in [2.45, 2.75) is 76.4 Å². The van der Waals surface area contributed by atoms with Gasteiger partial charge in [-0.25, -0.2) is 4.98 Å². The van der Waals surface area contributed by atoms with Crippen LogP contribution in [0.25, 0.3) is 0 Å². The lowest BCUT2D eigenvalue weighted by Gasteiger charge is -2.38. The molecule has 164 valence electrons.